The molecule has 28 heavy (non-hydrogen) atoms. The average molecular weight is 376 g/mol. The maximum Gasteiger partial charge on any atom is 0.230 e. The van der Waals surface area contributed by atoms with Gasteiger partial charge in [-0.25, -0.2) is 0 Å². The number of fused-ring (bicyclic) bond motifs is 2. The number of hydrogen-bond donors (Lipinski definition) is 0. The first kappa shape index (κ1) is 20.4. The molecule has 0 bridgehead atoms. The van der Waals surface area contributed by atoms with Crippen LogP contribution in [-0.4, -0.2) is 5.91 Å². The predicted molar refractivity (Wildman–Crippen MR) is 120 cm³/mol. The SMILES string of the molecule is CCC(C)C(C)CC(C)C(=O)N1Cc2ccccc2/C(C)=C\c2ccccc21. The van der Waals surface area contributed by atoms with Crippen LogP contribution < -0.4 is 4.90 Å². The number of carbonyl (C=O) groups is 1. The van der Waals surface area contributed by atoms with Crippen LogP contribution in [0.3, 0.4) is 0 Å². The summed E-state index contributed by atoms with van der Waals surface area (Å²) in [6.07, 6.45) is 4.30. The van der Waals surface area contributed by atoms with E-state index in [4.69, 9.17) is 0 Å². The van der Waals surface area contributed by atoms with Gasteiger partial charge in [0.2, 0.25) is 5.91 Å². The van der Waals surface area contributed by atoms with E-state index in [0.717, 1.165) is 24.1 Å². The molecule has 2 aromatic carbocycles. The lowest BCUT2D eigenvalue weighted by Crippen LogP contribution is -2.36. The number of amides is 1. The van der Waals surface area contributed by atoms with Crippen LogP contribution in [0, 0.1) is 17.8 Å². The van der Waals surface area contributed by atoms with Crippen LogP contribution in [-0.2, 0) is 11.3 Å². The second-order valence-corrected chi connectivity index (χ2v) is 8.47. The smallest absolute Gasteiger partial charge is 0.230 e. The van der Waals surface area contributed by atoms with Gasteiger partial charge in [0.15, 0.2) is 0 Å². The molecule has 3 unspecified atom stereocenters. The molecule has 0 spiro atoms. The number of hydrogen-bond acceptors (Lipinski definition) is 1. The molecular weight excluding hydrogens is 342 g/mol. The molecule has 2 aromatic rings. The van der Waals surface area contributed by atoms with Gasteiger partial charge < -0.3 is 4.90 Å². The van der Waals surface area contributed by atoms with Crippen molar-refractivity contribution in [3.63, 3.8) is 0 Å². The topological polar surface area (TPSA) is 20.3 Å². The lowest BCUT2D eigenvalue weighted by atomic mass is 9.85. The van der Waals surface area contributed by atoms with Crippen LogP contribution in [0.15, 0.2) is 48.5 Å². The molecule has 1 heterocycles. The summed E-state index contributed by atoms with van der Waals surface area (Å²) in [7, 11) is 0. The molecule has 0 saturated carbocycles. The van der Waals surface area contributed by atoms with Gasteiger partial charge in [-0.1, -0.05) is 76.6 Å². The van der Waals surface area contributed by atoms with Gasteiger partial charge in [-0.3, -0.25) is 4.79 Å². The van der Waals surface area contributed by atoms with Crippen molar-refractivity contribution in [2.24, 2.45) is 17.8 Å². The molecule has 1 aliphatic rings. The van der Waals surface area contributed by atoms with Gasteiger partial charge in [0.1, 0.15) is 0 Å². The third kappa shape index (κ3) is 4.22. The van der Waals surface area contributed by atoms with Crippen LogP contribution in [0.2, 0.25) is 0 Å². The molecule has 0 aliphatic carbocycles. The zero-order valence-corrected chi connectivity index (χ0v) is 17.9. The van der Waals surface area contributed by atoms with Crippen LogP contribution in [0.25, 0.3) is 11.6 Å². The Labute approximate surface area is 170 Å². The van der Waals surface area contributed by atoms with Crippen LogP contribution in [0.1, 0.15) is 64.2 Å². The number of para-hydroxylation sites is 1. The number of rotatable bonds is 5. The van der Waals surface area contributed by atoms with Gasteiger partial charge in [0, 0.05) is 5.92 Å². The fourth-order valence-electron chi connectivity index (χ4n) is 4.22. The molecular formula is C26H33NO. The summed E-state index contributed by atoms with van der Waals surface area (Å²) in [5.74, 6) is 1.42. The average Bonchev–Trinajstić information content (AvgIpc) is 2.70. The molecule has 148 valence electrons. The van der Waals surface area contributed by atoms with Crippen molar-refractivity contribution in [3.05, 3.63) is 65.2 Å². The van der Waals surface area contributed by atoms with Crippen molar-refractivity contribution in [3.8, 4) is 0 Å². The lowest BCUT2D eigenvalue weighted by Gasteiger charge is -2.31. The predicted octanol–water partition coefficient (Wildman–Crippen LogP) is 6.80. The van der Waals surface area contributed by atoms with E-state index in [1.54, 1.807) is 0 Å². The second kappa shape index (κ2) is 8.77. The lowest BCUT2D eigenvalue weighted by molar-refractivity contribution is -0.122. The first-order valence-electron chi connectivity index (χ1n) is 10.6. The molecule has 1 aliphatic heterocycles. The Hall–Kier alpha value is -2.35. The van der Waals surface area contributed by atoms with Gasteiger partial charge in [-0.05, 0) is 59.6 Å². The normalized spacial score (nSPS) is 18.6. The van der Waals surface area contributed by atoms with Gasteiger partial charge in [0.25, 0.3) is 0 Å². The fraction of sp³-hybridized carbons (Fsp3) is 0.423. The van der Waals surface area contributed by atoms with E-state index in [-0.39, 0.29) is 11.8 Å². The summed E-state index contributed by atoms with van der Waals surface area (Å²) < 4.78 is 0. The highest BCUT2D eigenvalue weighted by atomic mass is 16.2. The Balaban J connectivity index is 1.98. The zero-order valence-electron chi connectivity index (χ0n) is 17.9. The van der Waals surface area contributed by atoms with Gasteiger partial charge >= 0.3 is 0 Å². The monoisotopic (exact) mass is 375 g/mol. The first-order chi connectivity index (χ1) is 13.4. The Bertz CT molecular complexity index is 866. The molecule has 0 N–H and O–H groups in total. The van der Waals surface area contributed by atoms with E-state index >= 15 is 0 Å². The molecule has 0 saturated heterocycles. The van der Waals surface area contributed by atoms with E-state index < -0.39 is 0 Å². The highest BCUT2D eigenvalue weighted by molar-refractivity contribution is 5.99. The van der Waals surface area contributed by atoms with Crippen LogP contribution >= 0.6 is 0 Å². The molecule has 3 atom stereocenters. The number of anilines is 1. The van der Waals surface area contributed by atoms with Gasteiger partial charge in [-0.2, -0.15) is 0 Å². The van der Waals surface area contributed by atoms with E-state index in [9.17, 15) is 4.79 Å². The fourth-order valence-corrected chi connectivity index (χ4v) is 4.22. The molecule has 2 nitrogen and oxygen atoms in total. The first-order valence-corrected chi connectivity index (χ1v) is 10.6. The molecule has 0 radical (unpaired) electrons. The van der Waals surface area contributed by atoms with Crippen molar-refractivity contribution in [1.29, 1.82) is 0 Å². The summed E-state index contributed by atoms with van der Waals surface area (Å²) in [5, 5.41) is 0. The van der Waals surface area contributed by atoms with Crippen molar-refractivity contribution < 1.29 is 4.79 Å². The standard InChI is InChI=1S/C26H33NO/c1-6-18(2)19(3)15-21(5)26(28)27-17-23-12-7-9-13-24(23)20(4)16-22-11-8-10-14-25(22)27/h7-14,16,18-19,21H,6,15,17H2,1-5H3/b20-16-. The zero-order chi connectivity index (χ0) is 20.3. The van der Waals surface area contributed by atoms with Gasteiger partial charge in [-0.15, -0.1) is 0 Å². The summed E-state index contributed by atoms with van der Waals surface area (Å²) >= 11 is 0. The van der Waals surface area contributed by atoms with Gasteiger partial charge in [0.05, 0.1) is 12.2 Å². The Morgan fingerprint density at radius 1 is 1.00 bits per heavy atom. The van der Waals surface area contributed by atoms with E-state index in [2.05, 4.69) is 77.1 Å². The van der Waals surface area contributed by atoms with Crippen LogP contribution in [0.5, 0.6) is 0 Å². The minimum Gasteiger partial charge on any atom is -0.307 e. The summed E-state index contributed by atoms with van der Waals surface area (Å²) in [5.41, 5.74) is 5.82. The second-order valence-electron chi connectivity index (χ2n) is 8.47. The molecule has 1 amide bonds. The maximum atomic E-state index is 13.6. The van der Waals surface area contributed by atoms with Crippen LogP contribution in [0.4, 0.5) is 5.69 Å². The number of carbonyl (C=O) groups excluding carboxylic acids is 1. The van der Waals surface area contributed by atoms with Crippen molar-refractivity contribution in [2.45, 2.75) is 54.0 Å². The van der Waals surface area contributed by atoms with E-state index in [0.29, 0.717) is 18.4 Å². The summed E-state index contributed by atoms with van der Waals surface area (Å²) in [6, 6.07) is 16.7. The Morgan fingerprint density at radius 3 is 2.43 bits per heavy atom. The van der Waals surface area contributed by atoms with Crippen molar-refractivity contribution in [1.82, 2.24) is 0 Å². The summed E-state index contributed by atoms with van der Waals surface area (Å²) in [4.78, 5) is 15.6. The highest BCUT2D eigenvalue weighted by Crippen LogP contribution is 2.34. The summed E-state index contributed by atoms with van der Waals surface area (Å²) in [6.45, 7) is 11.7. The third-order valence-corrected chi connectivity index (χ3v) is 6.40. The third-order valence-electron chi connectivity index (χ3n) is 6.40. The molecule has 0 fully saturated rings. The number of benzene rings is 2. The Kier molecular flexibility index (Phi) is 6.39. The molecule has 2 heteroatoms. The van der Waals surface area contributed by atoms with E-state index in [1.807, 2.05) is 17.0 Å². The van der Waals surface area contributed by atoms with Crippen molar-refractivity contribution in [2.75, 3.05) is 4.90 Å². The number of allylic oxidation sites excluding steroid dienone is 1. The quantitative estimate of drug-likeness (QED) is 0.562. The minimum absolute atomic E-state index is 0.00808. The molecule has 0 aromatic heterocycles. The van der Waals surface area contributed by atoms with Crippen molar-refractivity contribution >= 4 is 23.2 Å². The highest BCUT2D eigenvalue weighted by Gasteiger charge is 2.27. The largest absolute Gasteiger partial charge is 0.307 e. The minimum atomic E-state index is 0.00808. The maximum absolute atomic E-state index is 13.6. The number of nitrogens with zero attached hydrogens (tertiary/aromatic N) is 1. The Morgan fingerprint density at radius 2 is 1.68 bits per heavy atom. The van der Waals surface area contributed by atoms with E-state index in [1.165, 1.54) is 16.7 Å². The molecule has 3 rings (SSSR count).